The summed E-state index contributed by atoms with van der Waals surface area (Å²) in [7, 11) is -2.37. The van der Waals surface area contributed by atoms with Crippen LogP contribution in [0.4, 0.5) is 5.69 Å². The van der Waals surface area contributed by atoms with Gasteiger partial charge in [-0.25, -0.2) is 8.42 Å². The van der Waals surface area contributed by atoms with Gasteiger partial charge in [-0.3, -0.25) is 9.10 Å². The van der Waals surface area contributed by atoms with E-state index in [2.05, 4.69) is 5.32 Å². The van der Waals surface area contributed by atoms with Crippen molar-refractivity contribution in [3.8, 4) is 0 Å². The second kappa shape index (κ2) is 8.00. The maximum atomic E-state index is 12.9. The molecule has 2 rings (SSSR count). The Labute approximate surface area is 151 Å². The molecule has 0 aliphatic heterocycles. The van der Waals surface area contributed by atoms with Gasteiger partial charge in [0.1, 0.15) is 9.77 Å². The number of sulfonamides is 1. The van der Waals surface area contributed by atoms with Crippen molar-refractivity contribution >= 4 is 44.6 Å². The van der Waals surface area contributed by atoms with Gasteiger partial charge >= 0.3 is 0 Å². The number of nitrogens with one attached hydrogen (secondary N) is 1. The molecule has 1 heterocycles. The minimum absolute atomic E-state index is 0.0129. The van der Waals surface area contributed by atoms with E-state index in [0.29, 0.717) is 17.3 Å². The molecule has 24 heavy (non-hydrogen) atoms. The SMILES string of the molecule is CCCCNC(=O)c1sccc1S(=O)(=O)N(C)c1ccc(Cl)cc1. The number of carbonyl (C=O) groups is 1. The molecule has 2 aromatic rings. The molecule has 0 spiro atoms. The molecule has 1 aromatic heterocycles. The number of carbonyl (C=O) groups excluding carboxylic acids is 1. The molecule has 130 valence electrons. The normalized spacial score (nSPS) is 11.3. The number of thiophene rings is 1. The molecular formula is C16H19ClN2O3S2. The van der Waals surface area contributed by atoms with Crippen molar-refractivity contribution in [3.63, 3.8) is 0 Å². The molecular weight excluding hydrogens is 368 g/mol. The number of nitrogens with zero attached hydrogens (tertiary/aromatic N) is 1. The van der Waals surface area contributed by atoms with E-state index < -0.39 is 10.0 Å². The molecule has 0 saturated carbocycles. The highest BCUT2D eigenvalue weighted by Crippen LogP contribution is 2.28. The third-order valence-corrected chi connectivity index (χ3v) is 6.60. The minimum atomic E-state index is -3.83. The van der Waals surface area contributed by atoms with E-state index in [1.54, 1.807) is 29.6 Å². The van der Waals surface area contributed by atoms with Crippen LogP contribution in [0.5, 0.6) is 0 Å². The largest absolute Gasteiger partial charge is 0.351 e. The van der Waals surface area contributed by atoms with E-state index in [1.807, 2.05) is 6.92 Å². The van der Waals surface area contributed by atoms with Gasteiger partial charge in [-0.2, -0.15) is 0 Å². The number of hydrogen-bond donors (Lipinski definition) is 1. The Morgan fingerprint density at radius 2 is 1.92 bits per heavy atom. The summed E-state index contributed by atoms with van der Waals surface area (Å²) >= 11 is 6.96. The van der Waals surface area contributed by atoms with Crippen LogP contribution in [0.1, 0.15) is 29.4 Å². The number of unbranched alkanes of at least 4 members (excludes halogenated alkanes) is 1. The quantitative estimate of drug-likeness (QED) is 0.737. The van der Waals surface area contributed by atoms with Crippen LogP contribution in [-0.4, -0.2) is 27.9 Å². The van der Waals surface area contributed by atoms with Crippen LogP contribution in [-0.2, 0) is 10.0 Å². The average Bonchev–Trinajstić information content (AvgIpc) is 3.05. The zero-order valence-electron chi connectivity index (χ0n) is 13.5. The van der Waals surface area contributed by atoms with Crippen molar-refractivity contribution in [1.29, 1.82) is 0 Å². The van der Waals surface area contributed by atoms with E-state index in [4.69, 9.17) is 11.6 Å². The molecule has 1 N–H and O–H groups in total. The molecule has 0 atom stereocenters. The van der Waals surface area contributed by atoms with Crippen LogP contribution in [0.25, 0.3) is 0 Å². The molecule has 8 heteroatoms. The summed E-state index contributed by atoms with van der Waals surface area (Å²) in [6.45, 7) is 2.55. The first-order chi connectivity index (χ1) is 11.4. The maximum absolute atomic E-state index is 12.9. The van der Waals surface area contributed by atoms with Crippen LogP contribution in [0.15, 0.2) is 40.6 Å². The zero-order chi connectivity index (χ0) is 17.7. The minimum Gasteiger partial charge on any atom is -0.351 e. The topological polar surface area (TPSA) is 66.5 Å². The van der Waals surface area contributed by atoms with Gasteiger partial charge in [-0.15, -0.1) is 11.3 Å². The zero-order valence-corrected chi connectivity index (χ0v) is 15.8. The van der Waals surface area contributed by atoms with Gasteiger partial charge in [0, 0.05) is 18.6 Å². The summed E-state index contributed by atoms with van der Waals surface area (Å²) < 4.78 is 26.9. The molecule has 1 aromatic carbocycles. The predicted octanol–water partition coefficient (Wildman–Crippen LogP) is 3.76. The third-order valence-electron chi connectivity index (χ3n) is 3.48. The van der Waals surface area contributed by atoms with Crippen LogP contribution < -0.4 is 9.62 Å². The molecule has 0 aliphatic carbocycles. The highest BCUT2D eigenvalue weighted by Gasteiger charge is 2.28. The maximum Gasteiger partial charge on any atom is 0.265 e. The second-order valence-corrected chi connectivity index (χ2v) is 8.46. The van der Waals surface area contributed by atoms with Gasteiger partial charge in [0.2, 0.25) is 0 Å². The van der Waals surface area contributed by atoms with Gasteiger partial charge in [0.05, 0.1) is 5.69 Å². The van der Waals surface area contributed by atoms with Crippen molar-refractivity contribution < 1.29 is 13.2 Å². The monoisotopic (exact) mass is 386 g/mol. The molecule has 1 amide bonds. The average molecular weight is 387 g/mol. The third kappa shape index (κ3) is 4.09. The number of halogens is 1. The number of amides is 1. The summed E-state index contributed by atoms with van der Waals surface area (Å²) in [5.41, 5.74) is 0.475. The fourth-order valence-corrected chi connectivity index (χ4v) is 4.70. The lowest BCUT2D eigenvalue weighted by molar-refractivity contribution is 0.0954. The van der Waals surface area contributed by atoms with E-state index in [0.717, 1.165) is 28.5 Å². The lowest BCUT2D eigenvalue weighted by Gasteiger charge is -2.19. The van der Waals surface area contributed by atoms with Crippen molar-refractivity contribution in [1.82, 2.24) is 5.32 Å². The highest BCUT2D eigenvalue weighted by atomic mass is 35.5. The van der Waals surface area contributed by atoms with E-state index in [-0.39, 0.29) is 15.7 Å². The summed E-state index contributed by atoms with van der Waals surface area (Å²) in [6.07, 6.45) is 1.80. The Balaban J connectivity index is 2.28. The van der Waals surface area contributed by atoms with Crippen LogP contribution in [0.3, 0.4) is 0 Å². The van der Waals surface area contributed by atoms with Gasteiger partial charge in [0.25, 0.3) is 15.9 Å². The summed E-state index contributed by atoms with van der Waals surface area (Å²) in [5.74, 6) is -0.360. The first-order valence-electron chi connectivity index (χ1n) is 7.48. The second-order valence-electron chi connectivity index (χ2n) is 5.17. The lowest BCUT2D eigenvalue weighted by Crippen LogP contribution is -2.30. The Hall–Kier alpha value is -1.57. The smallest absolute Gasteiger partial charge is 0.265 e. The molecule has 0 saturated heterocycles. The number of benzene rings is 1. The standard InChI is InChI=1S/C16H19ClN2O3S2/c1-3-4-10-18-16(20)15-14(9-11-23-15)24(21,22)19(2)13-7-5-12(17)6-8-13/h5-9,11H,3-4,10H2,1-2H3,(H,18,20). The molecule has 0 bridgehead atoms. The van der Waals surface area contributed by atoms with Crippen LogP contribution in [0, 0.1) is 0 Å². The summed E-state index contributed by atoms with van der Waals surface area (Å²) in [4.78, 5) is 12.5. The predicted molar refractivity (Wildman–Crippen MR) is 98.6 cm³/mol. The highest BCUT2D eigenvalue weighted by molar-refractivity contribution is 7.93. The number of hydrogen-bond acceptors (Lipinski definition) is 4. The Morgan fingerprint density at radius 1 is 1.25 bits per heavy atom. The molecule has 0 radical (unpaired) electrons. The van der Waals surface area contributed by atoms with Gasteiger partial charge in [0.15, 0.2) is 0 Å². The first kappa shape index (κ1) is 18.8. The molecule has 0 fully saturated rings. The number of rotatable bonds is 7. The Bertz CT molecular complexity index is 801. The summed E-state index contributed by atoms with van der Waals surface area (Å²) in [6, 6.07) is 7.94. The van der Waals surface area contributed by atoms with Crippen LogP contribution >= 0.6 is 22.9 Å². The lowest BCUT2D eigenvalue weighted by atomic mass is 10.3. The van der Waals surface area contributed by atoms with E-state index >= 15 is 0 Å². The van der Waals surface area contributed by atoms with E-state index in [1.165, 1.54) is 13.1 Å². The van der Waals surface area contributed by atoms with Gasteiger partial charge < -0.3 is 5.32 Å². The van der Waals surface area contributed by atoms with Crippen molar-refractivity contribution in [3.05, 3.63) is 45.6 Å². The van der Waals surface area contributed by atoms with Crippen LogP contribution in [0.2, 0.25) is 5.02 Å². The molecule has 0 unspecified atom stereocenters. The summed E-state index contributed by atoms with van der Waals surface area (Å²) in [5, 5.41) is 4.89. The first-order valence-corrected chi connectivity index (χ1v) is 10.2. The number of anilines is 1. The molecule has 0 aliphatic rings. The molecule has 5 nitrogen and oxygen atoms in total. The van der Waals surface area contributed by atoms with Gasteiger partial charge in [-0.1, -0.05) is 24.9 Å². The fraction of sp³-hybridized carbons (Fsp3) is 0.312. The Kier molecular flexibility index (Phi) is 6.26. The van der Waals surface area contributed by atoms with Gasteiger partial charge in [-0.05, 0) is 42.1 Å². The van der Waals surface area contributed by atoms with Crippen molar-refractivity contribution in [2.45, 2.75) is 24.7 Å². The van der Waals surface area contributed by atoms with Crippen molar-refractivity contribution in [2.75, 3.05) is 17.9 Å². The Morgan fingerprint density at radius 3 is 2.54 bits per heavy atom. The van der Waals surface area contributed by atoms with E-state index in [9.17, 15) is 13.2 Å². The van der Waals surface area contributed by atoms with Crippen molar-refractivity contribution in [2.24, 2.45) is 0 Å². The fourth-order valence-electron chi connectivity index (χ4n) is 2.06.